The molecule has 2 aromatic rings. The molecule has 0 saturated carbocycles. The lowest BCUT2D eigenvalue weighted by molar-refractivity contribution is -0.115. The van der Waals surface area contributed by atoms with Gasteiger partial charge in [0.2, 0.25) is 5.91 Å². The predicted octanol–water partition coefficient (Wildman–Crippen LogP) is 3.52. The predicted molar refractivity (Wildman–Crippen MR) is 65.8 cm³/mol. The number of carbonyl (C=O) groups excluding carboxylic acids is 1. The molecule has 17 heavy (non-hydrogen) atoms. The Kier molecular flexibility index (Phi) is 3.10. The van der Waals surface area contributed by atoms with Crippen molar-refractivity contribution in [2.75, 3.05) is 4.90 Å². The fraction of sp³-hybridized carbons (Fsp3) is 0.0714. The van der Waals surface area contributed by atoms with Gasteiger partial charge in [0.05, 0.1) is 0 Å². The quantitative estimate of drug-likeness (QED) is 0.772. The van der Waals surface area contributed by atoms with Crippen molar-refractivity contribution in [1.82, 2.24) is 0 Å². The van der Waals surface area contributed by atoms with Crippen molar-refractivity contribution in [2.45, 2.75) is 6.92 Å². The lowest BCUT2D eigenvalue weighted by atomic mass is 10.2. The van der Waals surface area contributed by atoms with Crippen LogP contribution in [0.15, 0.2) is 54.6 Å². The fourth-order valence-corrected chi connectivity index (χ4v) is 1.68. The molecule has 1 radical (unpaired) electrons. The van der Waals surface area contributed by atoms with E-state index in [1.165, 1.54) is 19.1 Å². The van der Waals surface area contributed by atoms with E-state index < -0.39 is 0 Å². The third-order valence-corrected chi connectivity index (χ3v) is 2.42. The van der Waals surface area contributed by atoms with Crippen LogP contribution in [0.5, 0.6) is 5.75 Å². The minimum Gasteiger partial charge on any atom is -0.290 e. The molecule has 3 nitrogen and oxygen atoms in total. The topological polar surface area (TPSA) is 40.2 Å². The largest absolute Gasteiger partial charge is 0.290 e. The van der Waals surface area contributed by atoms with Crippen LogP contribution < -0.4 is 4.90 Å². The second kappa shape index (κ2) is 4.70. The van der Waals surface area contributed by atoms with Gasteiger partial charge in [0.15, 0.2) is 5.75 Å². The lowest BCUT2D eigenvalue weighted by Crippen LogP contribution is -2.22. The summed E-state index contributed by atoms with van der Waals surface area (Å²) < 4.78 is 0. The lowest BCUT2D eigenvalue weighted by Gasteiger charge is -2.21. The highest BCUT2D eigenvalue weighted by molar-refractivity contribution is 5.98. The van der Waals surface area contributed by atoms with Crippen LogP contribution in [0, 0.1) is 0 Å². The number of carbonyl (C=O) groups is 1. The molecule has 0 aliphatic rings. The van der Waals surface area contributed by atoms with Crippen molar-refractivity contribution < 1.29 is 9.90 Å². The number of nitrogens with zero attached hydrogens (tertiary/aromatic N) is 1. The molecule has 0 fully saturated rings. The van der Waals surface area contributed by atoms with E-state index in [-0.39, 0.29) is 11.7 Å². The van der Waals surface area contributed by atoms with Crippen LogP contribution in [-0.2, 0) is 9.90 Å². The molecule has 0 heterocycles. The van der Waals surface area contributed by atoms with E-state index in [2.05, 4.69) is 0 Å². The normalized spacial score (nSPS) is 9.94. The first kappa shape index (κ1) is 11.2. The smallest absolute Gasteiger partial charge is 0.228 e. The summed E-state index contributed by atoms with van der Waals surface area (Å²) in [7, 11) is 0. The van der Waals surface area contributed by atoms with Gasteiger partial charge in [-0.05, 0) is 36.4 Å². The summed E-state index contributed by atoms with van der Waals surface area (Å²) in [6, 6.07) is 15.5. The molecule has 0 saturated heterocycles. The maximum Gasteiger partial charge on any atom is 0.228 e. The van der Waals surface area contributed by atoms with Gasteiger partial charge in [-0.25, -0.2) is 0 Å². The molecule has 2 aromatic carbocycles. The van der Waals surface area contributed by atoms with E-state index >= 15 is 0 Å². The van der Waals surface area contributed by atoms with Crippen molar-refractivity contribution in [3.8, 4) is 5.75 Å². The van der Waals surface area contributed by atoms with Gasteiger partial charge in [0, 0.05) is 18.3 Å². The highest BCUT2D eigenvalue weighted by Gasteiger charge is 2.13. The second-order valence-corrected chi connectivity index (χ2v) is 3.68. The number of benzene rings is 2. The van der Waals surface area contributed by atoms with Gasteiger partial charge >= 0.3 is 0 Å². The van der Waals surface area contributed by atoms with E-state index in [0.717, 1.165) is 5.69 Å². The molecule has 0 atom stereocenters. The zero-order valence-electron chi connectivity index (χ0n) is 9.46. The zero-order valence-corrected chi connectivity index (χ0v) is 9.46. The van der Waals surface area contributed by atoms with Crippen LogP contribution in [-0.4, -0.2) is 5.91 Å². The molecule has 0 N–H and O–H groups in total. The van der Waals surface area contributed by atoms with Crippen molar-refractivity contribution in [2.24, 2.45) is 0 Å². The Balaban J connectivity index is 2.43. The standard InChI is InChI=1S/C14H12NO2/c1-11(16)15(12-5-3-2-4-6-12)13-7-9-14(17)10-8-13/h2-10H,1H3. The molecule has 0 unspecified atom stereocenters. The Morgan fingerprint density at radius 3 is 1.94 bits per heavy atom. The first-order chi connectivity index (χ1) is 8.18. The van der Waals surface area contributed by atoms with E-state index in [9.17, 15) is 9.90 Å². The van der Waals surface area contributed by atoms with Gasteiger partial charge in [-0.2, -0.15) is 0 Å². The number of anilines is 2. The highest BCUT2D eigenvalue weighted by Crippen LogP contribution is 2.26. The molecule has 0 bridgehead atoms. The summed E-state index contributed by atoms with van der Waals surface area (Å²) >= 11 is 0. The molecule has 1 amide bonds. The summed E-state index contributed by atoms with van der Waals surface area (Å²) in [6.45, 7) is 1.50. The van der Waals surface area contributed by atoms with Crippen LogP contribution >= 0.6 is 0 Å². The van der Waals surface area contributed by atoms with Crippen molar-refractivity contribution in [3.63, 3.8) is 0 Å². The van der Waals surface area contributed by atoms with Crippen molar-refractivity contribution in [3.05, 3.63) is 54.6 Å². The monoisotopic (exact) mass is 226 g/mol. The number of hydrogen-bond acceptors (Lipinski definition) is 1. The van der Waals surface area contributed by atoms with Crippen LogP contribution in [0.2, 0.25) is 0 Å². The number of para-hydroxylation sites is 1. The Morgan fingerprint density at radius 1 is 0.882 bits per heavy atom. The van der Waals surface area contributed by atoms with Crippen LogP contribution in [0.4, 0.5) is 11.4 Å². The second-order valence-electron chi connectivity index (χ2n) is 3.68. The van der Waals surface area contributed by atoms with Crippen molar-refractivity contribution >= 4 is 17.3 Å². The highest BCUT2D eigenvalue weighted by atomic mass is 16.3. The van der Waals surface area contributed by atoms with Gasteiger partial charge in [-0.1, -0.05) is 18.2 Å². The molecule has 0 aromatic heterocycles. The molecule has 0 aliphatic carbocycles. The molecule has 3 heteroatoms. The Hall–Kier alpha value is -2.29. The van der Waals surface area contributed by atoms with E-state index in [1.807, 2.05) is 30.3 Å². The number of amides is 1. The summed E-state index contributed by atoms with van der Waals surface area (Å²) in [5.41, 5.74) is 1.49. The minimum absolute atomic E-state index is 0.0645. The number of hydrogen-bond donors (Lipinski definition) is 0. The average Bonchev–Trinajstić information content (AvgIpc) is 2.33. The summed E-state index contributed by atoms with van der Waals surface area (Å²) in [5, 5.41) is 11.0. The van der Waals surface area contributed by atoms with Crippen LogP contribution in [0.25, 0.3) is 0 Å². The minimum atomic E-state index is -0.0881. The van der Waals surface area contributed by atoms with Gasteiger partial charge < -0.3 is 0 Å². The molecular formula is C14H12NO2. The molecule has 2 rings (SSSR count). The SMILES string of the molecule is CC(=O)N(c1ccccc1)c1ccc([O])cc1. The molecule has 85 valence electrons. The first-order valence-corrected chi connectivity index (χ1v) is 5.31. The fourth-order valence-electron chi connectivity index (χ4n) is 1.68. The Labute approximate surface area is 99.9 Å². The molecule has 0 aliphatic heterocycles. The van der Waals surface area contributed by atoms with E-state index in [4.69, 9.17) is 0 Å². The third kappa shape index (κ3) is 2.45. The summed E-state index contributed by atoms with van der Waals surface area (Å²) in [5.74, 6) is -0.153. The maximum absolute atomic E-state index is 11.7. The average molecular weight is 226 g/mol. The Morgan fingerprint density at radius 2 is 1.41 bits per heavy atom. The molecule has 0 spiro atoms. The van der Waals surface area contributed by atoms with Gasteiger partial charge in [0.25, 0.3) is 0 Å². The van der Waals surface area contributed by atoms with Gasteiger partial charge in [0.1, 0.15) is 0 Å². The van der Waals surface area contributed by atoms with E-state index in [0.29, 0.717) is 5.69 Å². The van der Waals surface area contributed by atoms with Crippen LogP contribution in [0.1, 0.15) is 6.92 Å². The van der Waals surface area contributed by atoms with Gasteiger partial charge in [-0.15, -0.1) is 0 Å². The van der Waals surface area contributed by atoms with E-state index in [1.54, 1.807) is 17.0 Å². The van der Waals surface area contributed by atoms with Gasteiger partial charge in [-0.3, -0.25) is 14.8 Å². The summed E-state index contributed by atoms with van der Waals surface area (Å²) in [6.07, 6.45) is 0. The number of rotatable bonds is 2. The Bertz CT molecular complexity index is 506. The third-order valence-electron chi connectivity index (χ3n) is 2.42. The van der Waals surface area contributed by atoms with Crippen molar-refractivity contribution in [1.29, 1.82) is 0 Å². The zero-order chi connectivity index (χ0) is 12.3. The summed E-state index contributed by atoms with van der Waals surface area (Å²) in [4.78, 5) is 13.2. The maximum atomic E-state index is 11.7. The molecular weight excluding hydrogens is 214 g/mol. The first-order valence-electron chi connectivity index (χ1n) is 5.31. The van der Waals surface area contributed by atoms with Crippen LogP contribution in [0.3, 0.4) is 0 Å².